The summed E-state index contributed by atoms with van der Waals surface area (Å²) >= 11 is 0. The van der Waals surface area contributed by atoms with Gasteiger partial charge in [0, 0.05) is 55.4 Å². The predicted octanol–water partition coefficient (Wildman–Crippen LogP) is -0.258. The molecule has 10 unspecified atom stereocenters. The molecule has 0 aliphatic carbocycles. The summed E-state index contributed by atoms with van der Waals surface area (Å²) in [5, 5.41) is 0. The molecule has 0 aromatic heterocycles. The topological polar surface area (TPSA) is 247 Å². The average Bonchev–Trinajstić information content (AvgIpc) is 3.00. The van der Waals surface area contributed by atoms with E-state index in [1.807, 2.05) is 0 Å². The van der Waals surface area contributed by atoms with Crippen LogP contribution >= 0.6 is 0 Å². The minimum atomic E-state index is -1.52. The lowest BCUT2D eigenvalue weighted by atomic mass is 9.98. The molecule has 292 valence electrons. The van der Waals surface area contributed by atoms with Gasteiger partial charge >= 0.3 is 47.8 Å². The fraction of sp³-hybridized carbons (Fsp3) is 0.688. The second-order valence-electron chi connectivity index (χ2n) is 11.5. The lowest BCUT2D eigenvalue weighted by molar-refractivity contribution is -0.310. The largest absolute Gasteiger partial charge is 0.463 e. The van der Waals surface area contributed by atoms with Crippen LogP contribution in [0.4, 0.5) is 0 Å². The highest BCUT2D eigenvalue weighted by molar-refractivity contribution is 5.70. The fourth-order valence-electron chi connectivity index (χ4n) is 5.09. The van der Waals surface area contributed by atoms with Crippen LogP contribution in [0.15, 0.2) is 12.2 Å². The first kappa shape index (κ1) is 43.5. The third kappa shape index (κ3) is 14.2. The Labute approximate surface area is 298 Å². The Kier molecular flexibility index (Phi) is 17.1. The van der Waals surface area contributed by atoms with E-state index in [0.717, 1.165) is 55.4 Å². The number of carbonyl (C=O) groups excluding carboxylic acids is 8. The van der Waals surface area contributed by atoms with Gasteiger partial charge in [0.1, 0.15) is 25.4 Å². The summed E-state index contributed by atoms with van der Waals surface area (Å²) < 4.78 is 65.7. The number of hydrogen-bond acceptors (Lipinski definition) is 20. The van der Waals surface area contributed by atoms with E-state index < -0.39 is 136 Å². The van der Waals surface area contributed by atoms with Gasteiger partial charge in [0.15, 0.2) is 49.2 Å². The molecular weight excluding hydrogens is 704 g/mol. The van der Waals surface area contributed by atoms with Crippen LogP contribution in [0.5, 0.6) is 0 Å². The van der Waals surface area contributed by atoms with E-state index in [4.69, 9.17) is 56.8 Å². The highest BCUT2D eigenvalue weighted by Crippen LogP contribution is 2.32. The molecule has 2 aliphatic heterocycles. The Morgan fingerprint density at radius 1 is 0.423 bits per heavy atom. The molecule has 2 saturated heterocycles. The minimum Gasteiger partial charge on any atom is -0.463 e. The maximum atomic E-state index is 12.1. The second kappa shape index (κ2) is 20.4. The molecule has 0 aromatic carbocycles. The van der Waals surface area contributed by atoms with Gasteiger partial charge in [0.2, 0.25) is 0 Å². The molecule has 0 bridgehead atoms. The van der Waals surface area contributed by atoms with E-state index in [9.17, 15) is 38.4 Å². The van der Waals surface area contributed by atoms with Crippen molar-refractivity contribution >= 4 is 47.8 Å². The lowest BCUT2D eigenvalue weighted by Gasteiger charge is -2.44. The Bertz CT molecular complexity index is 1240. The number of esters is 8. The van der Waals surface area contributed by atoms with E-state index in [2.05, 4.69) is 6.58 Å². The van der Waals surface area contributed by atoms with Crippen molar-refractivity contribution in [3.05, 3.63) is 12.2 Å². The molecule has 0 N–H and O–H groups in total. The van der Waals surface area contributed by atoms with Crippen molar-refractivity contribution in [1.29, 1.82) is 0 Å². The van der Waals surface area contributed by atoms with Crippen LogP contribution in [0.25, 0.3) is 0 Å². The third-order valence-electron chi connectivity index (χ3n) is 6.80. The Morgan fingerprint density at radius 2 is 0.692 bits per heavy atom. The summed E-state index contributed by atoms with van der Waals surface area (Å²) in [4.78, 5) is 95.5. The van der Waals surface area contributed by atoms with Crippen LogP contribution in [0.2, 0.25) is 0 Å². The van der Waals surface area contributed by atoms with Crippen molar-refractivity contribution in [2.24, 2.45) is 0 Å². The number of ether oxygens (including phenoxy) is 12. The Morgan fingerprint density at radius 3 is 0.962 bits per heavy atom. The van der Waals surface area contributed by atoms with Crippen LogP contribution in [-0.2, 0) is 95.2 Å². The van der Waals surface area contributed by atoms with Crippen molar-refractivity contribution in [1.82, 2.24) is 0 Å². The average molecular weight is 749 g/mol. The van der Waals surface area contributed by atoms with Gasteiger partial charge in [-0.3, -0.25) is 38.4 Å². The molecule has 10 atom stereocenters. The zero-order chi connectivity index (χ0) is 39.3. The monoisotopic (exact) mass is 748 g/mol. The van der Waals surface area contributed by atoms with Crippen LogP contribution in [-0.4, -0.2) is 136 Å². The lowest BCUT2D eigenvalue weighted by Crippen LogP contribution is -2.63. The molecule has 0 aromatic rings. The predicted molar refractivity (Wildman–Crippen MR) is 165 cm³/mol. The third-order valence-corrected chi connectivity index (χ3v) is 6.80. The van der Waals surface area contributed by atoms with E-state index in [-0.39, 0.29) is 5.57 Å². The standard InChI is InChI=1S/C32H44O20/c1-14(10-43-31-29(49-21(8)39)27(47-19(6)37)25(45-17(4)35)23(51-31)12-41-15(2)33)11-44-32-30(50-22(9)40)28(48-20(7)38)26(46-18(5)36)24(52-32)13-42-16(3)34/h23-32H,1,10-13H2,2-9H3. The van der Waals surface area contributed by atoms with Crippen molar-refractivity contribution in [2.75, 3.05) is 26.4 Å². The van der Waals surface area contributed by atoms with Gasteiger partial charge in [-0.15, -0.1) is 0 Å². The molecule has 2 heterocycles. The number of carbonyl (C=O) groups is 8. The van der Waals surface area contributed by atoms with Crippen LogP contribution in [0.3, 0.4) is 0 Å². The van der Waals surface area contributed by atoms with Gasteiger partial charge in [-0.05, 0) is 5.57 Å². The molecule has 2 rings (SSSR count). The van der Waals surface area contributed by atoms with Gasteiger partial charge < -0.3 is 56.8 Å². The molecule has 0 radical (unpaired) electrons. The van der Waals surface area contributed by atoms with Crippen LogP contribution < -0.4 is 0 Å². The summed E-state index contributed by atoms with van der Waals surface area (Å²) in [6.07, 6.45) is -14.4. The highest BCUT2D eigenvalue weighted by Gasteiger charge is 2.54. The van der Waals surface area contributed by atoms with Gasteiger partial charge in [-0.2, -0.15) is 0 Å². The van der Waals surface area contributed by atoms with E-state index in [0.29, 0.717) is 0 Å². The Balaban J connectivity index is 2.34. The Hall–Kier alpha value is -4.66. The molecular formula is C32H44O20. The second-order valence-corrected chi connectivity index (χ2v) is 11.5. The number of rotatable bonds is 16. The van der Waals surface area contributed by atoms with Crippen molar-refractivity contribution in [2.45, 2.75) is 117 Å². The SMILES string of the molecule is C=C(COC1OC(COC(C)=O)C(OC(C)=O)C(OC(C)=O)C1OC(C)=O)COC1OC(COC(C)=O)C(OC(C)=O)C(OC(C)=O)C1OC(C)=O. The molecule has 20 nitrogen and oxygen atoms in total. The zero-order valence-electron chi connectivity index (χ0n) is 30.0. The normalized spacial score (nSPS) is 28.2. The zero-order valence-corrected chi connectivity index (χ0v) is 30.0. The van der Waals surface area contributed by atoms with Gasteiger partial charge in [0.05, 0.1) is 13.2 Å². The maximum Gasteiger partial charge on any atom is 0.303 e. The quantitative estimate of drug-likeness (QED) is 0.112. The maximum absolute atomic E-state index is 12.1. The molecule has 20 heteroatoms. The summed E-state index contributed by atoms with van der Waals surface area (Å²) in [6.45, 7) is 10.8. The molecule has 52 heavy (non-hydrogen) atoms. The first-order valence-electron chi connectivity index (χ1n) is 15.8. The van der Waals surface area contributed by atoms with E-state index >= 15 is 0 Å². The van der Waals surface area contributed by atoms with Gasteiger partial charge in [-0.1, -0.05) is 6.58 Å². The molecule has 0 amide bonds. The summed E-state index contributed by atoms with van der Waals surface area (Å²) in [6, 6.07) is 0. The first-order chi connectivity index (χ1) is 24.3. The van der Waals surface area contributed by atoms with Crippen molar-refractivity contribution in [3.63, 3.8) is 0 Å². The molecule has 2 aliphatic rings. The van der Waals surface area contributed by atoms with E-state index in [1.54, 1.807) is 0 Å². The molecule has 0 spiro atoms. The van der Waals surface area contributed by atoms with Crippen molar-refractivity contribution < 1.29 is 95.2 Å². The summed E-state index contributed by atoms with van der Waals surface area (Å²) in [5.74, 6) is -6.40. The van der Waals surface area contributed by atoms with Gasteiger partial charge in [0.25, 0.3) is 0 Å². The van der Waals surface area contributed by atoms with Crippen molar-refractivity contribution in [3.8, 4) is 0 Å². The molecule has 0 saturated carbocycles. The smallest absolute Gasteiger partial charge is 0.303 e. The van der Waals surface area contributed by atoms with Crippen LogP contribution in [0.1, 0.15) is 55.4 Å². The summed E-state index contributed by atoms with van der Waals surface area (Å²) in [7, 11) is 0. The fourth-order valence-corrected chi connectivity index (χ4v) is 5.09. The molecule has 2 fully saturated rings. The minimum absolute atomic E-state index is 0.153. The number of hydrogen-bond donors (Lipinski definition) is 0. The van der Waals surface area contributed by atoms with Gasteiger partial charge in [-0.25, -0.2) is 0 Å². The highest BCUT2D eigenvalue weighted by atomic mass is 16.7. The first-order valence-corrected chi connectivity index (χ1v) is 15.8. The van der Waals surface area contributed by atoms with E-state index in [1.165, 1.54) is 0 Å². The summed E-state index contributed by atoms with van der Waals surface area (Å²) in [5.41, 5.74) is 0.153. The van der Waals surface area contributed by atoms with Crippen LogP contribution in [0, 0.1) is 0 Å².